The van der Waals surface area contributed by atoms with Crippen LogP contribution in [0.3, 0.4) is 0 Å². The van der Waals surface area contributed by atoms with Crippen LogP contribution in [0.1, 0.15) is 26.7 Å². The van der Waals surface area contributed by atoms with Gasteiger partial charge in [-0.05, 0) is 13.3 Å². The first-order valence-electron chi connectivity index (χ1n) is 8.34. The second-order valence-corrected chi connectivity index (χ2v) is 5.28. The van der Waals surface area contributed by atoms with E-state index in [9.17, 15) is 4.79 Å². The number of carbonyl (C=O) groups is 1. The molecule has 0 unspecified atom stereocenters. The molecule has 0 aromatic rings. The molecule has 0 aromatic carbocycles. The maximum Gasteiger partial charge on any atom is 0.132 e. The topological polar surface area (TPSA) is 109 Å². The molecule has 142 valence electrons. The van der Waals surface area contributed by atoms with Gasteiger partial charge in [0.2, 0.25) is 0 Å². The van der Waals surface area contributed by atoms with Gasteiger partial charge in [0.25, 0.3) is 0 Å². The maximum atomic E-state index is 10.7. The molecule has 0 aliphatic carbocycles. The molecule has 8 nitrogen and oxygen atoms in total. The predicted octanol–water partition coefficient (Wildman–Crippen LogP) is 0.418. The van der Waals surface area contributed by atoms with Crippen molar-refractivity contribution in [2.45, 2.75) is 26.7 Å². The van der Waals surface area contributed by atoms with Gasteiger partial charge >= 0.3 is 0 Å². The zero-order valence-electron chi connectivity index (χ0n) is 15.0. The van der Waals surface area contributed by atoms with Crippen molar-refractivity contribution in [3.8, 4) is 0 Å². The summed E-state index contributed by atoms with van der Waals surface area (Å²) in [5, 5.41) is 1.55. The Morgan fingerprint density at radius 1 is 0.958 bits per heavy atom. The first kappa shape index (κ1) is 22.8. The van der Waals surface area contributed by atoms with Gasteiger partial charge in [-0.25, -0.2) is 5.84 Å². The van der Waals surface area contributed by atoms with Crippen molar-refractivity contribution in [3.63, 3.8) is 0 Å². The van der Waals surface area contributed by atoms with Gasteiger partial charge in [-0.3, -0.25) is 4.79 Å². The molecule has 4 N–H and O–H groups in total. The fourth-order valence-electron chi connectivity index (χ4n) is 1.64. The SMILES string of the molecule is CCCN(N)/C=C(\N)COCCOCCOCCOCCC(C)=O. The fourth-order valence-corrected chi connectivity index (χ4v) is 1.64. The van der Waals surface area contributed by atoms with Crippen LogP contribution in [-0.2, 0) is 23.7 Å². The van der Waals surface area contributed by atoms with Crippen LogP contribution in [0.5, 0.6) is 0 Å². The van der Waals surface area contributed by atoms with Crippen LogP contribution in [0.25, 0.3) is 0 Å². The summed E-state index contributed by atoms with van der Waals surface area (Å²) in [6, 6.07) is 0. The molecule has 0 fully saturated rings. The van der Waals surface area contributed by atoms with Gasteiger partial charge in [-0.2, -0.15) is 0 Å². The molecule has 0 heterocycles. The Balaban J connectivity index is 3.26. The summed E-state index contributed by atoms with van der Waals surface area (Å²) in [5.74, 6) is 5.82. The molecule has 0 aromatic heterocycles. The summed E-state index contributed by atoms with van der Waals surface area (Å²) in [6.07, 6.45) is 3.09. The number of nitrogens with two attached hydrogens (primary N) is 2. The summed E-state index contributed by atoms with van der Waals surface area (Å²) < 4.78 is 21.3. The minimum absolute atomic E-state index is 0.130. The van der Waals surface area contributed by atoms with Crippen LogP contribution in [0.15, 0.2) is 11.9 Å². The van der Waals surface area contributed by atoms with E-state index in [-0.39, 0.29) is 5.78 Å². The monoisotopic (exact) mass is 347 g/mol. The van der Waals surface area contributed by atoms with Crippen LogP contribution in [0.4, 0.5) is 0 Å². The number of rotatable bonds is 17. The first-order valence-corrected chi connectivity index (χ1v) is 8.34. The van der Waals surface area contributed by atoms with Crippen molar-refractivity contribution in [2.24, 2.45) is 11.6 Å². The molecule has 24 heavy (non-hydrogen) atoms. The van der Waals surface area contributed by atoms with Crippen LogP contribution >= 0.6 is 0 Å². The lowest BCUT2D eigenvalue weighted by Crippen LogP contribution is -2.28. The van der Waals surface area contributed by atoms with E-state index < -0.39 is 0 Å². The summed E-state index contributed by atoms with van der Waals surface area (Å²) in [4.78, 5) is 10.7. The highest BCUT2D eigenvalue weighted by Gasteiger charge is 1.97. The predicted molar refractivity (Wildman–Crippen MR) is 92.0 cm³/mol. The van der Waals surface area contributed by atoms with Crippen LogP contribution in [0, 0.1) is 0 Å². The average molecular weight is 347 g/mol. The Bertz CT molecular complexity index is 340. The van der Waals surface area contributed by atoms with Gasteiger partial charge < -0.3 is 29.7 Å². The molecule has 0 spiro atoms. The van der Waals surface area contributed by atoms with E-state index in [1.54, 1.807) is 18.1 Å². The van der Waals surface area contributed by atoms with E-state index in [0.717, 1.165) is 13.0 Å². The highest BCUT2D eigenvalue weighted by atomic mass is 16.6. The Morgan fingerprint density at radius 3 is 1.96 bits per heavy atom. The number of hydrogen-bond donors (Lipinski definition) is 2. The van der Waals surface area contributed by atoms with E-state index in [2.05, 4.69) is 0 Å². The highest BCUT2D eigenvalue weighted by molar-refractivity contribution is 5.75. The van der Waals surface area contributed by atoms with E-state index in [4.69, 9.17) is 30.5 Å². The largest absolute Gasteiger partial charge is 0.399 e. The Labute approximate surface area is 145 Å². The van der Waals surface area contributed by atoms with Gasteiger partial charge in [0.15, 0.2) is 0 Å². The number of hydrogen-bond acceptors (Lipinski definition) is 8. The van der Waals surface area contributed by atoms with Crippen LogP contribution in [0.2, 0.25) is 0 Å². The molecule has 0 saturated carbocycles. The van der Waals surface area contributed by atoms with E-state index in [1.807, 2.05) is 6.92 Å². The van der Waals surface area contributed by atoms with Gasteiger partial charge in [0, 0.05) is 19.2 Å². The summed E-state index contributed by atoms with van der Waals surface area (Å²) in [6.45, 7) is 8.03. The van der Waals surface area contributed by atoms with Crippen molar-refractivity contribution >= 4 is 5.78 Å². The smallest absolute Gasteiger partial charge is 0.132 e. The lowest BCUT2D eigenvalue weighted by atomic mass is 10.3. The Morgan fingerprint density at radius 2 is 1.46 bits per heavy atom. The number of ketones is 1. The van der Waals surface area contributed by atoms with Crippen molar-refractivity contribution in [1.82, 2.24) is 5.01 Å². The van der Waals surface area contributed by atoms with Gasteiger partial charge in [-0.15, -0.1) is 0 Å². The maximum absolute atomic E-state index is 10.7. The van der Waals surface area contributed by atoms with Crippen molar-refractivity contribution < 1.29 is 23.7 Å². The zero-order chi connectivity index (χ0) is 18.0. The fraction of sp³-hybridized carbons (Fsp3) is 0.812. The molecule has 0 aliphatic heterocycles. The van der Waals surface area contributed by atoms with E-state index in [0.29, 0.717) is 65.0 Å². The minimum atomic E-state index is 0.130. The van der Waals surface area contributed by atoms with Gasteiger partial charge in [-0.1, -0.05) is 6.92 Å². The summed E-state index contributed by atoms with van der Waals surface area (Å²) >= 11 is 0. The normalized spacial score (nSPS) is 11.7. The molecule has 0 atom stereocenters. The third kappa shape index (κ3) is 17.2. The molecule has 0 aliphatic rings. The summed E-state index contributed by atoms with van der Waals surface area (Å²) in [5.41, 5.74) is 6.36. The van der Waals surface area contributed by atoms with E-state index in [1.165, 1.54) is 0 Å². The van der Waals surface area contributed by atoms with Crippen molar-refractivity contribution in [2.75, 3.05) is 59.4 Å². The van der Waals surface area contributed by atoms with Crippen LogP contribution < -0.4 is 11.6 Å². The highest BCUT2D eigenvalue weighted by Crippen LogP contribution is 1.91. The molecule has 0 bridgehead atoms. The van der Waals surface area contributed by atoms with Crippen molar-refractivity contribution in [1.29, 1.82) is 0 Å². The average Bonchev–Trinajstić information content (AvgIpc) is 2.51. The minimum Gasteiger partial charge on any atom is -0.399 e. The lowest BCUT2D eigenvalue weighted by molar-refractivity contribution is -0.118. The number of hydrazine groups is 1. The third-order valence-corrected chi connectivity index (χ3v) is 2.80. The van der Waals surface area contributed by atoms with Crippen molar-refractivity contribution in [3.05, 3.63) is 11.9 Å². The second kappa shape index (κ2) is 16.7. The molecule has 8 heteroatoms. The quantitative estimate of drug-likeness (QED) is 0.221. The molecular formula is C16H33N3O5. The number of ether oxygens (including phenoxy) is 4. The molecule has 0 amide bonds. The van der Waals surface area contributed by atoms with Gasteiger partial charge in [0.1, 0.15) is 5.78 Å². The van der Waals surface area contributed by atoms with E-state index >= 15 is 0 Å². The number of carbonyl (C=O) groups excluding carboxylic acids is 1. The third-order valence-electron chi connectivity index (χ3n) is 2.80. The second-order valence-electron chi connectivity index (χ2n) is 5.28. The zero-order valence-corrected chi connectivity index (χ0v) is 15.0. The van der Waals surface area contributed by atoms with Crippen LogP contribution in [-0.4, -0.2) is 70.2 Å². The Hall–Kier alpha value is -1.19. The Kier molecular flexibility index (Phi) is 15.8. The van der Waals surface area contributed by atoms with Gasteiger partial charge in [0.05, 0.1) is 58.6 Å². The molecule has 0 rings (SSSR count). The number of nitrogens with zero attached hydrogens (tertiary/aromatic N) is 1. The number of Topliss-reactive ketones (excluding diaryl/α,β-unsaturated/α-hetero) is 1. The summed E-state index contributed by atoms with van der Waals surface area (Å²) in [7, 11) is 0. The molecule has 0 radical (unpaired) electrons. The lowest BCUT2D eigenvalue weighted by Gasteiger charge is -2.13. The molecule has 0 saturated heterocycles. The standard InChI is InChI=1S/C16H33N3O5/c1-3-5-19(18)13-16(17)14-24-12-11-23-10-9-22-8-7-21-6-4-15(2)20/h13H,3-12,14,17-18H2,1-2H3/b16-13-. The first-order chi connectivity index (χ1) is 11.6. The molecular weight excluding hydrogens is 314 g/mol.